The van der Waals surface area contributed by atoms with Gasteiger partial charge in [-0.2, -0.15) is 5.26 Å². The quantitative estimate of drug-likeness (QED) is 0.773. The Morgan fingerprint density at radius 2 is 1.63 bits per heavy atom. The van der Waals surface area contributed by atoms with Gasteiger partial charge in [0.15, 0.2) is 11.6 Å². The summed E-state index contributed by atoms with van der Waals surface area (Å²) in [6, 6.07) is 16.0. The van der Waals surface area contributed by atoms with Crippen molar-refractivity contribution in [2.75, 3.05) is 26.2 Å². The van der Waals surface area contributed by atoms with Gasteiger partial charge in [-0.3, -0.25) is 9.69 Å². The summed E-state index contributed by atoms with van der Waals surface area (Å²) >= 11 is 0. The Morgan fingerprint density at radius 1 is 0.967 bits per heavy atom. The number of amides is 1. The average Bonchev–Trinajstić information content (AvgIpc) is 2.81. The highest BCUT2D eigenvalue weighted by molar-refractivity contribution is 5.94. The van der Waals surface area contributed by atoms with Gasteiger partial charge in [0, 0.05) is 37.8 Å². The second-order valence-corrected chi connectivity index (χ2v) is 8.00. The molecule has 5 nitrogen and oxygen atoms in total. The van der Waals surface area contributed by atoms with Gasteiger partial charge in [-0.05, 0) is 62.1 Å². The van der Waals surface area contributed by atoms with E-state index in [2.05, 4.69) is 11.0 Å². The molecule has 2 aromatic carbocycles. The molecule has 0 aromatic heterocycles. The van der Waals surface area contributed by atoms with Crippen LogP contribution in [0, 0.1) is 17.1 Å². The number of rotatable bonds is 4. The molecule has 6 heteroatoms. The number of ether oxygens (including phenoxy) is 1. The van der Waals surface area contributed by atoms with E-state index in [9.17, 15) is 9.18 Å². The zero-order valence-electron chi connectivity index (χ0n) is 17.0. The maximum atomic E-state index is 13.8. The van der Waals surface area contributed by atoms with E-state index in [-0.39, 0.29) is 17.8 Å². The van der Waals surface area contributed by atoms with Crippen molar-refractivity contribution in [2.24, 2.45) is 0 Å². The third-order valence-electron chi connectivity index (χ3n) is 6.14. The smallest absolute Gasteiger partial charge is 0.253 e. The van der Waals surface area contributed by atoms with Gasteiger partial charge in [-0.1, -0.05) is 12.1 Å². The maximum absolute atomic E-state index is 13.8. The largest absolute Gasteiger partial charge is 0.487 e. The SMILES string of the molecule is N#Cc1ccc(C(=O)N2CCC(N3CCC(Oc4ccccc4F)CC3)CC2)cc1. The molecule has 0 unspecified atom stereocenters. The molecule has 2 aliphatic heterocycles. The number of nitrogens with zero attached hydrogens (tertiary/aromatic N) is 3. The average molecular weight is 407 g/mol. The maximum Gasteiger partial charge on any atom is 0.253 e. The second-order valence-electron chi connectivity index (χ2n) is 8.00. The lowest BCUT2D eigenvalue weighted by Gasteiger charge is -2.41. The molecule has 0 atom stereocenters. The molecule has 0 spiro atoms. The van der Waals surface area contributed by atoms with E-state index in [1.807, 2.05) is 4.90 Å². The molecule has 2 aliphatic rings. The molecule has 0 radical (unpaired) electrons. The van der Waals surface area contributed by atoms with Gasteiger partial charge in [0.2, 0.25) is 0 Å². The first kappa shape index (κ1) is 20.4. The first-order valence-corrected chi connectivity index (χ1v) is 10.6. The lowest BCUT2D eigenvalue weighted by molar-refractivity contribution is 0.0416. The predicted octanol–water partition coefficient (Wildman–Crippen LogP) is 3.85. The monoisotopic (exact) mass is 407 g/mol. The van der Waals surface area contributed by atoms with Crippen molar-refractivity contribution in [3.8, 4) is 11.8 Å². The molecular formula is C24H26FN3O2. The van der Waals surface area contributed by atoms with Crippen molar-refractivity contribution in [1.82, 2.24) is 9.80 Å². The molecule has 0 aliphatic carbocycles. The minimum Gasteiger partial charge on any atom is -0.487 e. The second kappa shape index (κ2) is 9.27. The highest BCUT2D eigenvalue weighted by atomic mass is 19.1. The molecule has 2 saturated heterocycles. The summed E-state index contributed by atoms with van der Waals surface area (Å²) in [5.41, 5.74) is 1.20. The summed E-state index contributed by atoms with van der Waals surface area (Å²) in [5.74, 6) is 0.0692. The molecule has 4 rings (SSSR count). The Bertz CT molecular complexity index is 909. The molecule has 0 bridgehead atoms. The zero-order valence-corrected chi connectivity index (χ0v) is 17.0. The number of hydrogen-bond donors (Lipinski definition) is 0. The lowest BCUT2D eigenvalue weighted by atomic mass is 9.98. The van der Waals surface area contributed by atoms with Gasteiger partial charge in [0.25, 0.3) is 5.91 Å². The zero-order chi connectivity index (χ0) is 20.9. The Kier molecular flexibility index (Phi) is 6.29. The van der Waals surface area contributed by atoms with Crippen LogP contribution < -0.4 is 4.74 Å². The first-order valence-electron chi connectivity index (χ1n) is 10.6. The van der Waals surface area contributed by atoms with Crippen molar-refractivity contribution in [3.63, 3.8) is 0 Å². The van der Waals surface area contributed by atoms with Crippen molar-refractivity contribution < 1.29 is 13.9 Å². The van der Waals surface area contributed by atoms with Crippen LogP contribution in [0.15, 0.2) is 48.5 Å². The summed E-state index contributed by atoms with van der Waals surface area (Å²) in [6.45, 7) is 3.37. The Morgan fingerprint density at radius 3 is 2.27 bits per heavy atom. The number of piperidine rings is 2. The van der Waals surface area contributed by atoms with Gasteiger partial charge in [0.05, 0.1) is 11.6 Å². The number of likely N-dealkylation sites (tertiary alicyclic amines) is 2. The fourth-order valence-electron chi connectivity index (χ4n) is 4.38. The molecule has 1 amide bonds. The Balaban J connectivity index is 1.24. The van der Waals surface area contributed by atoms with Crippen LogP contribution >= 0.6 is 0 Å². The van der Waals surface area contributed by atoms with E-state index in [1.54, 1.807) is 42.5 Å². The molecule has 2 fully saturated rings. The topological polar surface area (TPSA) is 56.6 Å². The molecule has 0 saturated carbocycles. The van der Waals surface area contributed by atoms with E-state index in [0.29, 0.717) is 22.9 Å². The number of hydrogen-bond acceptors (Lipinski definition) is 4. The van der Waals surface area contributed by atoms with Crippen LogP contribution in [0.3, 0.4) is 0 Å². The molecule has 30 heavy (non-hydrogen) atoms. The Labute approximate surface area is 176 Å². The van der Waals surface area contributed by atoms with Crippen LogP contribution in [0.4, 0.5) is 4.39 Å². The molecular weight excluding hydrogens is 381 g/mol. The third-order valence-corrected chi connectivity index (χ3v) is 6.14. The van der Waals surface area contributed by atoms with E-state index in [0.717, 1.165) is 51.9 Å². The lowest BCUT2D eigenvalue weighted by Crippen LogP contribution is -2.50. The summed E-state index contributed by atoms with van der Waals surface area (Å²) in [7, 11) is 0. The van der Waals surface area contributed by atoms with Crippen LogP contribution in [-0.2, 0) is 0 Å². The van der Waals surface area contributed by atoms with Crippen molar-refractivity contribution in [3.05, 3.63) is 65.5 Å². The minimum atomic E-state index is -0.306. The molecule has 156 valence electrons. The predicted molar refractivity (Wildman–Crippen MR) is 112 cm³/mol. The summed E-state index contributed by atoms with van der Waals surface area (Å²) in [5, 5.41) is 8.90. The van der Waals surface area contributed by atoms with Crippen LogP contribution in [0.5, 0.6) is 5.75 Å². The number of benzene rings is 2. The summed E-state index contributed by atoms with van der Waals surface area (Å²) in [4.78, 5) is 17.1. The number of carbonyl (C=O) groups excluding carboxylic acids is 1. The van der Waals surface area contributed by atoms with E-state index >= 15 is 0 Å². The molecule has 2 heterocycles. The minimum absolute atomic E-state index is 0.0370. The Hall–Kier alpha value is -2.91. The number of nitriles is 1. The van der Waals surface area contributed by atoms with Gasteiger partial charge < -0.3 is 9.64 Å². The highest BCUT2D eigenvalue weighted by Crippen LogP contribution is 2.25. The number of halogens is 1. The van der Waals surface area contributed by atoms with Crippen LogP contribution in [-0.4, -0.2) is 54.0 Å². The van der Waals surface area contributed by atoms with Crippen LogP contribution in [0.25, 0.3) is 0 Å². The standard InChI is InChI=1S/C24H26FN3O2/c25-22-3-1-2-4-23(22)30-21-11-15-27(16-12-21)20-9-13-28(14-10-20)24(29)19-7-5-18(17-26)6-8-19/h1-8,20-21H,9-16H2. The van der Waals surface area contributed by atoms with Crippen LogP contribution in [0.1, 0.15) is 41.6 Å². The fourth-order valence-corrected chi connectivity index (χ4v) is 4.38. The highest BCUT2D eigenvalue weighted by Gasteiger charge is 2.30. The summed E-state index contributed by atoms with van der Waals surface area (Å²) in [6.07, 6.45) is 3.75. The third kappa shape index (κ3) is 4.63. The van der Waals surface area contributed by atoms with Crippen LogP contribution in [0.2, 0.25) is 0 Å². The van der Waals surface area contributed by atoms with Crippen molar-refractivity contribution >= 4 is 5.91 Å². The van der Waals surface area contributed by atoms with E-state index in [4.69, 9.17) is 10.00 Å². The van der Waals surface area contributed by atoms with Gasteiger partial charge in [-0.25, -0.2) is 4.39 Å². The first-order chi connectivity index (χ1) is 14.6. The van der Waals surface area contributed by atoms with E-state index in [1.165, 1.54) is 6.07 Å². The summed E-state index contributed by atoms with van der Waals surface area (Å²) < 4.78 is 19.7. The number of carbonyl (C=O) groups is 1. The fraction of sp³-hybridized carbons (Fsp3) is 0.417. The van der Waals surface area contributed by atoms with Crippen molar-refractivity contribution in [2.45, 2.75) is 37.8 Å². The van der Waals surface area contributed by atoms with E-state index < -0.39 is 0 Å². The normalized spacial score (nSPS) is 18.7. The number of para-hydroxylation sites is 1. The van der Waals surface area contributed by atoms with Gasteiger partial charge in [-0.15, -0.1) is 0 Å². The van der Waals surface area contributed by atoms with Gasteiger partial charge in [0.1, 0.15) is 6.10 Å². The molecule has 2 aromatic rings. The molecule has 0 N–H and O–H groups in total. The van der Waals surface area contributed by atoms with Gasteiger partial charge >= 0.3 is 0 Å². The van der Waals surface area contributed by atoms with Crippen molar-refractivity contribution in [1.29, 1.82) is 5.26 Å².